The fraction of sp³-hybridized carbons (Fsp3) is 0.200. The van der Waals surface area contributed by atoms with Gasteiger partial charge in [-0.1, -0.05) is 11.8 Å². The molecule has 0 fully saturated rings. The summed E-state index contributed by atoms with van der Waals surface area (Å²) in [6.45, 7) is 4.00. The van der Waals surface area contributed by atoms with E-state index in [4.69, 9.17) is 24.4 Å². The van der Waals surface area contributed by atoms with Crippen LogP contribution in [0.5, 0.6) is 23.0 Å². The van der Waals surface area contributed by atoms with E-state index in [1.807, 2.05) is 6.92 Å². The van der Waals surface area contributed by atoms with Crippen LogP contribution in [0, 0.1) is 5.41 Å². The molecule has 0 saturated carbocycles. The Kier molecular flexibility index (Phi) is 7.51. The van der Waals surface area contributed by atoms with Crippen molar-refractivity contribution in [2.24, 2.45) is 4.99 Å². The minimum Gasteiger partial charge on any atom is -0.493 e. The number of ether oxygens (including phenoxy) is 4. The highest BCUT2D eigenvalue weighted by atomic mass is 79.9. The smallest absolute Gasteiger partial charge is 0.343 e. The number of benzene rings is 2. The molecule has 1 N–H and O–H groups in total. The van der Waals surface area contributed by atoms with Crippen LogP contribution in [-0.4, -0.2) is 48.6 Å². The minimum atomic E-state index is -0.622. The monoisotopic (exact) mass is 571 g/mol. The van der Waals surface area contributed by atoms with Crippen LogP contribution < -0.4 is 18.9 Å². The maximum Gasteiger partial charge on any atom is 0.343 e. The number of esters is 1. The molecule has 36 heavy (non-hydrogen) atoms. The van der Waals surface area contributed by atoms with Gasteiger partial charge in [-0.05, 0) is 71.7 Å². The lowest BCUT2D eigenvalue weighted by Gasteiger charge is -2.22. The van der Waals surface area contributed by atoms with E-state index in [1.165, 1.54) is 32.0 Å². The zero-order chi connectivity index (χ0) is 26.0. The number of hydrogen-bond donors (Lipinski definition) is 1. The normalized spacial score (nSPS) is 15.9. The number of rotatable bonds is 7. The van der Waals surface area contributed by atoms with E-state index >= 15 is 0 Å². The van der Waals surface area contributed by atoms with Crippen molar-refractivity contribution in [2.45, 2.75) is 13.8 Å². The number of nitrogens with one attached hydrogen (secondary N) is 1. The predicted molar refractivity (Wildman–Crippen MR) is 141 cm³/mol. The number of amides is 1. The van der Waals surface area contributed by atoms with Gasteiger partial charge >= 0.3 is 5.97 Å². The quantitative estimate of drug-likeness (QED) is 0.272. The lowest BCUT2D eigenvalue weighted by Crippen LogP contribution is -2.35. The van der Waals surface area contributed by atoms with E-state index in [0.717, 1.165) is 4.91 Å². The fourth-order valence-electron chi connectivity index (χ4n) is 3.52. The summed E-state index contributed by atoms with van der Waals surface area (Å²) in [5, 5.41) is 8.96. The Bertz CT molecular complexity index is 1370. The molecule has 2 aliphatic heterocycles. The van der Waals surface area contributed by atoms with Crippen molar-refractivity contribution in [2.75, 3.05) is 20.8 Å². The van der Waals surface area contributed by atoms with E-state index in [0.29, 0.717) is 39.1 Å². The number of nitrogens with zero attached hydrogens (tertiary/aromatic N) is 2. The van der Waals surface area contributed by atoms with Gasteiger partial charge in [0.25, 0.3) is 5.91 Å². The number of fused-ring (bicyclic) bond motifs is 1. The zero-order valence-corrected chi connectivity index (χ0v) is 22.3. The van der Waals surface area contributed by atoms with Gasteiger partial charge in [0.2, 0.25) is 0 Å². The predicted octanol–water partition coefficient (Wildman–Crippen LogP) is 5.25. The first-order valence-electron chi connectivity index (χ1n) is 10.7. The van der Waals surface area contributed by atoms with Crippen molar-refractivity contribution in [3.05, 3.63) is 62.6 Å². The van der Waals surface area contributed by atoms with E-state index in [1.54, 1.807) is 48.4 Å². The molecule has 0 saturated heterocycles. The van der Waals surface area contributed by atoms with Gasteiger partial charge in [-0.15, -0.1) is 0 Å². The van der Waals surface area contributed by atoms with Crippen LogP contribution in [0.4, 0.5) is 0 Å². The topological polar surface area (TPSA) is 111 Å². The average Bonchev–Trinajstić information content (AvgIpc) is 3.23. The minimum absolute atomic E-state index is 0.0346. The first-order chi connectivity index (χ1) is 17.2. The molecule has 2 heterocycles. The van der Waals surface area contributed by atoms with Gasteiger partial charge in [0.15, 0.2) is 28.2 Å². The molecular formula is C25H22BrN3O6S. The fourth-order valence-corrected chi connectivity index (χ4v) is 4.87. The van der Waals surface area contributed by atoms with Crippen molar-refractivity contribution in [1.29, 1.82) is 5.41 Å². The van der Waals surface area contributed by atoms with Crippen LogP contribution in [0.1, 0.15) is 29.8 Å². The van der Waals surface area contributed by atoms with Gasteiger partial charge in [-0.3, -0.25) is 15.1 Å². The van der Waals surface area contributed by atoms with Gasteiger partial charge in [-0.25, -0.2) is 4.79 Å². The van der Waals surface area contributed by atoms with Crippen LogP contribution in [-0.2, 0) is 4.79 Å². The number of carbonyl (C=O) groups is 2. The summed E-state index contributed by atoms with van der Waals surface area (Å²) in [7, 11) is 2.99. The van der Waals surface area contributed by atoms with Crippen LogP contribution in [0.3, 0.4) is 0 Å². The average molecular weight is 572 g/mol. The van der Waals surface area contributed by atoms with Gasteiger partial charge in [0.05, 0.1) is 36.4 Å². The molecule has 11 heteroatoms. The van der Waals surface area contributed by atoms with Crippen molar-refractivity contribution in [3.63, 3.8) is 0 Å². The molecule has 1 amide bonds. The number of thioether (sulfide) groups is 1. The first kappa shape index (κ1) is 25.5. The van der Waals surface area contributed by atoms with Gasteiger partial charge in [0, 0.05) is 11.1 Å². The number of hydrogen-bond acceptors (Lipinski definition) is 8. The standard InChI is InChI=1S/C25H22BrN3O6S/c1-5-34-20-10-14(8-16-22(27)29-12-13(2)36-25(29)28-23(16)30)9-17(26)21(20)35-24(31)15-6-7-18(32-3)19(11-15)33-4/h6-12,27H,5H2,1-4H3/b16-8-,27-22?. The Morgan fingerprint density at radius 1 is 1.17 bits per heavy atom. The molecular weight excluding hydrogens is 550 g/mol. The summed E-state index contributed by atoms with van der Waals surface area (Å²) in [6.07, 6.45) is 3.33. The Balaban J connectivity index is 1.66. The number of amidine groups is 2. The second-order valence-corrected chi connectivity index (χ2v) is 9.61. The summed E-state index contributed by atoms with van der Waals surface area (Å²) in [4.78, 5) is 32.1. The van der Waals surface area contributed by atoms with Crippen molar-refractivity contribution in [1.82, 2.24) is 4.90 Å². The summed E-state index contributed by atoms with van der Waals surface area (Å²) >= 11 is 4.79. The Hall–Kier alpha value is -3.57. The second-order valence-electron chi connectivity index (χ2n) is 7.54. The number of halogens is 1. The molecule has 186 valence electrons. The van der Waals surface area contributed by atoms with Crippen LogP contribution >= 0.6 is 27.7 Å². The molecule has 0 radical (unpaired) electrons. The largest absolute Gasteiger partial charge is 0.493 e. The van der Waals surface area contributed by atoms with Gasteiger partial charge in [-0.2, -0.15) is 4.99 Å². The summed E-state index contributed by atoms with van der Waals surface area (Å²) in [6, 6.07) is 8.02. The van der Waals surface area contributed by atoms with Crippen LogP contribution in [0.15, 0.2) is 56.5 Å². The molecule has 0 unspecified atom stereocenters. The van der Waals surface area contributed by atoms with E-state index in [-0.39, 0.29) is 22.7 Å². The maximum absolute atomic E-state index is 12.9. The summed E-state index contributed by atoms with van der Waals surface area (Å²) < 4.78 is 22.3. The number of carbonyl (C=O) groups excluding carboxylic acids is 2. The Morgan fingerprint density at radius 3 is 2.61 bits per heavy atom. The van der Waals surface area contributed by atoms with E-state index in [2.05, 4.69) is 20.9 Å². The van der Waals surface area contributed by atoms with Crippen LogP contribution in [0.25, 0.3) is 6.08 Å². The second kappa shape index (κ2) is 10.6. The molecule has 4 rings (SSSR count). The number of methoxy groups -OCH3 is 2. The Labute approximate surface area is 220 Å². The van der Waals surface area contributed by atoms with E-state index < -0.39 is 11.9 Å². The number of allylic oxidation sites excluding steroid dienone is 1. The molecule has 2 aromatic carbocycles. The van der Waals surface area contributed by atoms with Crippen molar-refractivity contribution >= 4 is 56.6 Å². The molecule has 0 bridgehead atoms. The molecule has 2 aliphatic rings. The third kappa shape index (κ3) is 5.02. The van der Waals surface area contributed by atoms with E-state index in [9.17, 15) is 9.59 Å². The highest BCUT2D eigenvalue weighted by Gasteiger charge is 2.33. The highest BCUT2D eigenvalue weighted by molar-refractivity contribution is 9.10. The maximum atomic E-state index is 12.9. The third-order valence-electron chi connectivity index (χ3n) is 5.15. The number of aliphatic imine (C=N–C) groups is 1. The van der Waals surface area contributed by atoms with Gasteiger partial charge < -0.3 is 18.9 Å². The molecule has 0 aliphatic carbocycles. The summed E-state index contributed by atoms with van der Waals surface area (Å²) in [5.41, 5.74) is 0.959. The van der Waals surface area contributed by atoms with Crippen LogP contribution in [0.2, 0.25) is 0 Å². The molecule has 9 nitrogen and oxygen atoms in total. The molecule has 0 spiro atoms. The molecule has 0 aromatic heterocycles. The SMILES string of the molecule is CCOc1cc(/C=C2/C(=N)N3C=C(C)SC3=NC2=O)cc(Br)c1OC(=O)c1ccc(OC)c(OC)c1. The first-order valence-corrected chi connectivity index (χ1v) is 12.4. The third-order valence-corrected chi connectivity index (χ3v) is 6.64. The van der Waals surface area contributed by atoms with Crippen molar-refractivity contribution < 1.29 is 28.5 Å². The summed E-state index contributed by atoms with van der Waals surface area (Å²) in [5.74, 6) is 0.262. The lowest BCUT2D eigenvalue weighted by atomic mass is 10.1. The zero-order valence-electron chi connectivity index (χ0n) is 19.9. The molecule has 2 aromatic rings. The van der Waals surface area contributed by atoms with Gasteiger partial charge in [0.1, 0.15) is 5.84 Å². The highest BCUT2D eigenvalue weighted by Crippen LogP contribution is 2.39. The lowest BCUT2D eigenvalue weighted by molar-refractivity contribution is -0.114. The Morgan fingerprint density at radius 2 is 1.92 bits per heavy atom. The van der Waals surface area contributed by atoms with Crippen molar-refractivity contribution in [3.8, 4) is 23.0 Å². The molecule has 0 atom stereocenters.